The average Bonchev–Trinajstić information content (AvgIpc) is 3.08. The zero-order valence-corrected chi connectivity index (χ0v) is 18.0. The predicted octanol–water partition coefficient (Wildman–Crippen LogP) is 3.72. The van der Waals surface area contributed by atoms with Crippen LogP contribution in [0.5, 0.6) is 0 Å². The Bertz CT molecular complexity index is 1070. The van der Waals surface area contributed by atoms with Crippen molar-refractivity contribution in [2.75, 3.05) is 10.2 Å². The van der Waals surface area contributed by atoms with Gasteiger partial charge in [0.05, 0.1) is 22.8 Å². The lowest BCUT2D eigenvalue weighted by Crippen LogP contribution is -2.34. The number of imide groups is 1. The van der Waals surface area contributed by atoms with Crippen molar-refractivity contribution in [3.05, 3.63) is 66.7 Å². The van der Waals surface area contributed by atoms with Gasteiger partial charge in [0, 0.05) is 17.0 Å². The molecule has 2 aliphatic rings. The number of amides is 3. The number of nitrogens with one attached hydrogen (secondary N) is 1. The number of hydrogen-bond acceptors (Lipinski definition) is 5. The standard InChI is InChI=1S/C24H22N2O5S/c27-21-14-20(23(29)26(21)16-6-2-1-3-7-16)32-17-12-10-15(11-13-17)25-22(28)18-8-4-5-9-19(18)24(30)31/h1-7,10-13,18-20H,8-9,14H2,(H,25,28)(H,30,31). The zero-order chi connectivity index (χ0) is 22.7. The number of para-hydroxylation sites is 1. The first-order valence-corrected chi connectivity index (χ1v) is 11.2. The Balaban J connectivity index is 1.38. The highest BCUT2D eigenvalue weighted by Crippen LogP contribution is 2.34. The van der Waals surface area contributed by atoms with E-state index in [1.54, 1.807) is 54.6 Å². The van der Waals surface area contributed by atoms with Crippen molar-refractivity contribution in [1.82, 2.24) is 0 Å². The summed E-state index contributed by atoms with van der Waals surface area (Å²) in [5.74, 6) is -3.10. The Morgan fingerprint density at radius 1 is 0.938 bits per heavy atom. The molecule has 1 fully saturated rings. The van der Waals surface area contributed by atoms with E-state index in [0.29, 0.717) is 24.2 Å². The topological polar surface area (TPSA) is 104 Å². The Labute approximate surface area is 189 Å². The molecule has 0 aromatic heterocycles. The zero-order valence-electron chi connectivity index (χ0n) is 17.1. The number of hydrogen-bond donors (Lipinski definition) is 2. The number of anilines is 2. The second kappa shape index (κ2) is 9.40. The third kappa shape index (κ3) is 4.60. The molecular weight excluding hydrogens is 428 g/mol. The molecule has 0 spiro atoms. The van der Waals surface area contributed by atoms with Crippen LogP contribution < -0.4 is 10.2 Å². The summed E-state index contributed by atoms with van der Waals surface area (Å²) in [5, 5.41) is 11.6. The van der Waals surface area contributed by atoms with E-state index in [9.17, 15) is 24.3 Å². The quantitative estimate of drug-likeness (QED) is 0.514. The van der Waals surface area contributed by atoms with Gasteiger partial charge in [-0.25, -0.2) is 4.90 Å². The van der Waals surface area contributed by atoms with Crippen LogP contribution in [0.4, 0.5) is 11.4 Å². The fourth-order valence-electron chi connectivity index (χ4n) is 3.94. The summed E-state index contributed by atoms with van der Waals surface area (Å²) in [5.41, 5.74) is 1.12. The van der Waals surface area contributed by atoms with Crippen LogP contribution >= 0.6 is 11.8 Å². The molecule has 0 radical (unpaired) electrons. The van der Waals surface area contributed by atoms with Crippen molar-refractivity contribution in [3.63, 3.8) is 0 Å². The SMILES string of the molecule is O=C(O)C1CC=CCC1C(=O)Nc1ccc(SC2CC(=O)N(c3ccccc3)C2=O)cc1. The van der Waals surface area contributed by atoms with Crippen molar-refractivity contribution in [3.8, 4) is 0 Å². The molecule has 2 N–H and O–H groups in total. The molecule has 0 saturated carbocycles. The fraction of sp³-hybridized carbons (Fsp3) is 0.250. The molecule has 2 aromatic carbocycles. The van der Waals surface area contributed by atoms with E-state index >= 15 is 0 Å². The maximum absolute atomic E-state index is 12.8. The maximum Gasteiger partial charge on any atom is 0.307 e. The minimum Gasteiger partial charge on any atom is -0.481 e. The highest BCUT2D eigenvalue weighted by Gasteiger charge is 2.40. The third-order valence-electron chi connectivity index (χ3n) is 5.61. The molecule has 4 rings (SSSR count). The number of thioether (sulfide) groups is 1. The molecule has 32 heavy (non-hydrogen) atoms. The number of carbonyl (C=O) groups excluding carboxylic acids is 3. The minimum atomic E-state index is -0.971. The lowest BCUT2D eigenvalue weighted by Gasteiger charge is -2.24. The number of aliphatic carboxylic acids is 1. The third-order valence-corrected chi connectivity index (χ3v) is 6.80. The number of nitrogens with zero attached hydrogens (tertiary/aromatic N) is 1. The number of rotatable bonds is 6. The lowest BCUT2D eigenvalue weighted by molar-refractivity contribution is -0.146. The Kier molecular flexibility index (Phi) is 6.41. The van der Waals surface area contributed by atoms with Gasteiger partial charge < -0.3 is 10.4 Å². The van der Waals surface area contributed by atoms with Crippen LogP contribution in [-0.2, 0) is 19.2 Å². The molecule has 7 nitrogen and oxygen atoms in total. The van der Waals surface area contributed by atoms with Crippen LogP contribution in [0.2, 0.25) is 0 Å². The molecule has 2 aromatic rings. The van der Waals surface area contributed by atoms with Crippen molar-refractivity contribution >= 4 is 46.8 Å². The van der Waals surface area contributed by atoms with Gasteiger partial charge in [-0.15, -0.1) is 11.8 Å². The summed E-state index contributed by atoms with van der Waals surface area (Å²) in [6, 6.07) is 15.8. The summed E-state index contributed by atoms with van der Waals surface area (Å²) in [6.45, 7) is 0. The molecule has 3 amide bonds. The average molecular weight is 451 g/mol. The maximum atomic E-state index is 12.8. The first-order chi connectivity index (χ1) is 15.4. The van der Waals surface area contributed by atoms with Gasteiger partial charge in [-0.3, -0.25) is 19.2 Å². The highest BCUT2D eigenvalue weighted by atomic mass is 32.2. The molecule has 1 heterocycles. The number of carboxylic acids is 1. The van der Waals surface area contributed by atoms with E-state index < -0.39 is 23.1 Å². The first-order valence-electron chi connectivity index (χ1n) is 10.3. The minimum absolute atomic E-state index is 0.128. The number of carbonyl (C=O) groups is 4. The Morgan fingerprint density at radius 3 is 2.25 bits per heavy atom. The fourth-order valence-corrected chi connectivity index (χ4v) is 4.99. The van der Waals surface area contributed by atoms with Gasteiger partial charge in [-0.05, 0) is 49.2 Å². The smallest absolute Gasteiger partial charge is 0.307 e. The summed E-state index contributed by atoms with van der Waals surface area (Å²) in [7, 11) is 0. The second-order valence-corrected chi connectivity index (χ2v) is 9.00. The molecule has 3 unspecified atom stereocenters. The first kappa shape index (κ1) is 21.8. The van der Waals surface area contributed by atoms with Crippen LogP contribution in [0.25, 0.3) is 0 Å². The van der Waals surface area contributed by atoms with E-state index in [4.69, 9.17) is 0 Å². The van der Waals surface area contributed by atoms with Gasteiger partial charge in [-0.1, -0.05) is 30.4 Å². The van der Waals surface area contributed by atoms with Crippen LogP contribution in [0.15, 0.2) is 71.6 Å². The Morgan fingerprint density at radius 2 is 1.59 bits per heavy atom. The van der Waals surface area contributed by atoms with Crippen LogP contribution in [0.1, 0.15) is 19.3 Å². The summed E-state index contributed by atoms with van der Waals surface area (Å²) >= 11 is 1.31. The van der Waals surface area contributed by atoms with E-state index in [2.05, 4.69) is 5.32 Å². The van der Waals surface area contributed by atoms with Crippen molar-refractivity contribution in [2.45, 2.75) is 29.4 Å². The van der Waals surface area contributed by atoms with Crippen LogP contribution in [-0.4, -0.2) is 34.0 Å². The van der Waals surface area contributed by atoms with Gasteiger partial charge in [0.1, 0.15) is 0 Å². The molecular formula is C24H22N2O5S. The second-order valence-electron chi connectivity index (χ2n) is 7.72. The largest absolute Gasteiger partial charge is 0.481 e. The Hall–Kier alpha value is -3.39. The van der Waals surface area contributed by atoms with Gasteiger partial charge in [0.15, 0.2) is 0 Å². The van der Waals surface area contributed by atoms with Gasteiger partial charge in [-0.2, -0.15) is 0 Å². The van der Waals surface area contributed by atoms with E-state index in [1.807, 2.05) is 12.1 Å². The molecule has 164 valence electrons. The summed E-state index contributed by atoms with van der Waals surface area (Å²) in [4.78, 5) is 51.2. The molecule has 1 aliphatic carbocycles. The van der Waals surface area contributed by atoms with Gasteiger partial charge in [0.2, 0.25) is 17.7 Å². The van der Waals surface area contributed by atoms with E-state index in [1.165, 1.54) is 16.7 Å². The van der Waals surface area contributed by atoms with Gasteiger partial charge >= 0.3 is 5.97 Å². The predicted molar refractivity (Wildman–Crippen MR) is 121 cm³/mol. The van der Waals surface area contributed by atoms with Crippen molar-refractivity contribution < 1.29 is 24.3 Å². The monoisotopic (exact) mass is 450 g/mol. The summed E-state index contributed by atoms with van der Waals surface area (Å²) in [6.07, 6.45) is 4.50. The van der Waals surface area contributed by atoms with E-state index in [-0.39, 0.29) is 24.1 Å². The van der Waals surface area contributed by atoms with Gasteiger partial charge in [0.25, 0.3) is 0 Å². The number of allylic oxidation sites excluding steroid dienone is 2. The lowest BCUT2D eigenvalue weighted by atomic mass is 9.82. The molecule has 3 atom stereocenters. The highest BCUT2D eigenvalue weighted by molar-refractivity contribution is 8.00. The van der Waals surface area contributed by atoms with Crippen LogP contribution in [0.3, 0.4) is 0 Å². The summed E-state index contributed by atoms with van der Waals surface area (Å²) < 4.78 is 0. The number of benzene rings is 2. The van der Waals surface area contributed by atoms with Crippen molar-refractivity contribution in [1.29, 1.82) is 0 Å². The van der Waals surface area contributed by atoms with Crippen molar-refractivity contribution in [2.24, 2.45) is 11.8 Å². The van der Waals surface area contributed by atoms with E-state index in [0.717, 1.165) is 4.90 Å². The normalized spacial score (nSPS) is 22.8. The number of carboxylic acid groups (broad SMARTS) is 1. The molecule has 8 heteroatoms. The van der Waals surface area contributed by atoms with Crippen LogP contribution in [0, 0.1) is 11.8 Å². The molecule has 0 bridgehead atoms. The molecule has 1 saturated heterocycles. The molecule has 1 aliphatic heterocycles.